The van der Waals surface area contributed by atoms with Gasteiger partial charge in [0.05, 0.1) is 11.3 Å². The lowest BCUT2D eigenvalue weighted by Gasteiger charge is -2.26. The number of oxazole rings is 1. The number of nitrogens with zero attached hydrogens (tertiary/aromatic N) is 4. The Hall–Kier alpha value is -3.04. The molecule has 2 N–H and O–H groups in total. The maximum absolute atomic E-state index is 10.0. The maximum Gasteiger partial charge on any atom is 0.201 e. The number of fused-ring (bicyclic) bond motifs is 1. The van der Waals surface area contributed by atoms with Crippen LogP contribution in [0.5, 0.6) is 0 Å². The molecule has 1 atom stereocenters. The van der Waals surface area contributed by atoms with Crippen LogP contribution in [0.15, 0.2) is 28.7 Å². The molecule has 1 aromatic heterocycles. The Morgan fingerprint density at radius 2 is 2.03 bits per heavy atom. The van der Waals surface area contributed by atoms with Crippen LogP contribution >= 0.6 is 0 Å². The zero-order chi connectivity index (χ0) is 22.5. The largest absolute Gasteiger partial charge is 0.438 e. The van der Waals surface area contributed by atoms with Gasteiger partial charge < -0.3 is 20.0 Å². The minimum atomic E-state index is -0.258. The van der Waals surface area contributed by atoms with Crippen molar-refractivity contribution in [3.8, 4) is 17.2 Å². The van der Waals surface area contributed by atoms with Gasteiger partial charge >= 0.3 is 0 Å². The maximum atomic E-state index is 10.0. The zero-order valence-corrected chi connectivity index (χ0v) is 19.3. The Morgan fingerprint density at radius 1 is 1.29 bits per heavy atom. The molecule has 0 bridgehead atoms. The van der Waals surface area contributed by atoms with Crippen molar-refractivity contribution < 1.29 is 4.42 Å². The van der Waals surface area contributed by atoms with Gasteiger partial charge in [0, 0.05) is 35.8 Å². The van der Waals surface area contributed by atoms with Gasteiger partial charge in [0.15, 0.2) is 5.58 Å². The molecule has 1 aliphatic rings. The number of benzene rings is 2. The third-order valence-corrected chi connectivity index (χ3v) is 6.20. The molecule has 2 aromatic carbocycles. The van der Waals surface area contributed by atoms with E-state index < -0.39 is 0 Å². The number of nitrogen functional groups attached to an aromatic ring is 1. The Labute approximate surface area is 184 Å². The van der Waals surface area contributed by atoms with Crippen molar-refractivity contribution >= 4 is 22.5 Å². The summed E-state index contributed by atoms with van der Waals surface area (Å²) < 4.78 is 6.41. The highest BCUT2D eigenvalue weighted by Crippen LogP contribution is 2.45. The molecule has 1 saturated heterocycles. The zero-order valence-electron chi connectivity index (χ0n) is 19.3. The van der Waals surface area contributed by atoms with E-state index in [1.54, 1.807) is 0 Å². The molecule has 1 unspecified atom stereocenters. The average molecular weight is 418 g/mol. The van der Waals surface area contributed by atoms with Crippen molar-refractivity contribution in [1.82, 2.24) is 9.88 Å². The quantitative estimate of drug-likeness (QED) is 0.622. The summed E-state index contributed by atoms with van der Waals surface area (Å²) >= 11 is 0. The van der Waals surface area contributed by atoms with Crippen molar-refractivity contribution in [2.75, 3.05) is 37.8 Å². The molecule has 2 heterocycles. The number of nitriles is 1. The summed E-state index contributed by atoms with van der Waals surface area (Å²) in [6.07, 6.45) is 1.07. The number of rotatable bonds is 3. The number of aromatic nitrogens is 1. The molecule has 3 aromatic rings. The van der Waals surface area contributed by atoms with Gasteiger partial charge in [0.1, 0.15) is 11.6 Å². The van der Waals surface area contributed by atoms with Gasteiger partial charge in [0.25, 0.3) is 0 Å². The van der Waals surface area contributed by atoms with Crippen LogP contribution in [0.4, 0.5) is 11.4 Å². The molecule has 6 nitrogen and oxygen atoms in total. The summed E-state index contributed by atoms with van der Waals surface area (Å²) in [6, 6.07) is 10.7. The summed E-state index contributed by atoms with van der Waals surface area (Å²) in [5.74, 6) is 0.646. The molecule has 1 aliphatic heterocycles. The van der Waals surface area contributed by atoms with Crippen molar-refractivity contribution in [3.63, 3.8) is 0 Å². The summed E-state index contributed by atoms with van der Waals surface area (Å²) in [5.41, 5.74) is 12.4. The fourth-order valence-corrected chi connectivity index (χ4v) is 4.42. The van der Waals surface area contributed by atoms with E-state index in [0.717, 1.165) is 41.9 Å². The van der Waals surface area contributed by atoms with Crippen LogP contribution in [0.3, 0.4) is 0 Å². The summed E-state index contributed by atoms with van der Waals surface area (Å²) in [6.45, 7) is 10.1. The second-order valence-corrected chi connectivity index (χ2v) is 9.76. The van der Waals surface area contributed by atoms with Crippen molar-refractivity contribution in [3.05, 3.63) is 41.3 Å². The molecule has 0 aliphatic carbocycles. The number of likely N-dealkylation sites (N-methyl/N-ethyl adjacent to an activating group) is 1. The van der Waals surface area contributed by atoms with Gasteiger partial charge in [-0.05, 0) is 50.7 Å². The van der Waals surface area contributed by atoms with E-state index >= 15 is 0 Å². The first-order chi connectivity index (χ1) is 14.6. The van der Waals surface area contributed by atoms with Crippen LogP contribution in [0.2, 0.25) is 0 Å². The van der Waals surface area contributed by atoms with Gasteiger partial charge in [-0.2, -0.15) is 5.26 Å². The topological polar surface area (TPSA) is 82.3 Å². The van der Waals surface area contributed by atoms with E-state index in [1.165, 1.54) is 0 Å². The monoisotopic (exact) mass is 417 g/mol. The number of anilines is 2. The molecular weight excluding hydrogens is 386 g/mol. The average Bonchev–Trinajstić information content (AvgIpc) is 3.34. The first-order valence-electron chi connectivity index (χ1n) is 10.8. The Morgan fingerprint density at radius 3 is 2.61 bits per heavy atom. The van der Waals surface area contributed by atoms with E-state index in [4.69, 9.17) is 15.1 Å². The summed E-state index contributed by atoms with van der Waals surface area (Å²) in [5, 5.41) is 10.0. The minimum absolute atomic E-state index is 0.258. The van der Waals surface area contributed by atoms with E-state index in [9.17, 15) is 5.26 Å². The second-order valence-electron chi connectivity index (χ2n) is 9.76. The summed E-state index contributed by atoms with van der Waals surface area (Å²) in [4.78, 5) is 9.46. The molecular formula is C25H31N5O. The van der Waals surface area contributed by atoms with Crippen molar-refractivity contribution in [2.24, 2.45) is 0 Å². The smallest absolute Gasteiger partial charge is 0.201 e. The standard InChI is InChI=1S/C25H31N5O/c1-15-19(13-26)21-23(31-24(28-21)25(2,3)4)22(30-11-10-18(14-30)29(5)6)20(15)16-8-7-9-17(27)12-16/h7-9,12,18H,10-11,14,27H2,1-6H3. The lowest BCUT2D eigenvalue weighted by molar-refractivity contribution is 0.315. The number of hydrogen-bond acceptors (Lipinski definition) is 6. The number of nitrogens with two attached hydrogens (primary N) is 1. The van der Waals surface area contributed by atoms with E-state index in [2.05, 4.69) is 56.8 Å². The Bertz CT molecular complexity index is 1180. The molecule has 6 heteroatoms. The first kappa shape index (κ1) is 21.2. The molecule has 0 saturated carbocycles. The van der Waals surface area contributed by atoms with Gasteiger partial charge in [-0.25, -0.2) is 4.98 Å². The Kier molecular flexibility index (Phi) is 5.18. The predicted octanol–water partition coefficient (Wildman–Crippen LogP) is 4.69. The normalized spacial score (nSPS) is 17.0. The summed E-state index contributed by atoms with van der Waals surface area (Å²) in [7, 11) is 4.25. The fraction of sp³-hybridized carbons (Fsp3) is 0.440. The number of hydrogen-bond donors (Lipinski definition) is 1. The molecule has 162 valence electrons. The van der Waals surface area contributed by atoms with Gasteiger partial charge in [0.2, 0.25) is 5.89 Å². The van der Waals surface area contributed by atoms with Crippen LogP contribution in [0.1, 0.15) is 44.2 Å². The highest BCUT2D eigenvalue weighted by molar-refractivity contribution is 6.02. The van der Waals surface area contributed by atoms with Crippen LogP contribution in [-0.4, -0.2) is 43.1 Å². The third-order valence-electron chi connectivity index (χ3n) is 6.20. The van der Waals surface area contributed by atoms with Crippen molar-refractivity contribution in [1.29, 1.82) is 5.26 Å². The lowest BCUT2D eigenvalue weighted by Crippen LogP contribution is -2.31. The molecule has 31 heavy (non-hydrogen) atoms. The highest BCUT2D eigenvalue weighted by Gasteiger charge is 2.33. The van der Waals surface area contributed by atoms with Crippen LogP contribution in [0, 0.1) is 18.3 Å². The second kappa shape index (κ2) is 7.58. The molecule has 0 spiro atoms. The minimum Gasteiger partial charge on any atom is -0.438 e. The Balaban J connectivity index is 2.07. The molecule has 1 fully saturated rings. The van der Waals surface area contributed by atoms with E-state index in [-0.39, 0.29) is 5.41 Å². The first-order valence-corrected chi connectivity index (χ1v) is 10.8. The van der Waals surface area contributed by atoms with Crippen LogP contribution < -0.4 is 10.6 Å². The van der Waals surface area contributed by atoms with Gasteiger partial charge in [-0.3, -0.25) is 0 Å². The van der Waals surface area contributed by atoms with Gasteiger partial charge in [-0.1, -0.05) is 32.9 Å². The molecule has 0 amide bonds. The van der Waals surface area contributed by atoms with Crippen LogP contribution in [-0.2, 0) is 5.41 Å². The van der Waals surface area contributed by atoms with E-state index in [1.807, 2.05) is 25.1 Å². The third kappa shape index (κ3) is 3.64. The lowest BCUT2D eigenvalue weighted by atomic mass is 9.92. The molecule has 0 radical (unpaired) electrons. The van der Waals surface area contributed by atoms with Crippen molar-refractivity contribution in [2.45, 2.75) is 45.6 Å². The van der Waals surface area contributed by atoms with E-state index in [0.29, 0.717) is 34.3 Å². The fourth-order valence-electron chi connectivity index (χ4n) is 4.42. The predicted molar refractivity (Wildman–Crippen MR) is 126 cm³/mol. The highest BCUT2D eigenvalue weighted by atomic mass is 16.4. The van der Waals surface area contributed by atoms with Gasteiger partial charge in [-0.15, -0.1) is 0 Å². The molecule has 4 rings (SSSR count). The van der Waals surface area contributed by atoms with Crippen LogP contribution in [0.25, 0.3) is 22.2 Å². The SMILES string of the molecule is Cc1c(-c2cccc(N)c2)c(N2CCC(N(C)C)C2)c2oc(C(C)(C)C)nc2c1C#N.